The van der Waals surface area contributed by atoms with E-state index in [2.05, 4.69) is 24.0 Å². The summed E-state index contributed by atoms with van der Waals surface area (Å²) in [5, 5.41) is 4.36. The van der Waals surface area contributed by atoms with Gasteiger partial charge in [-0.3, -0.25) is 4.79 Å². The zero-order chi connectivity index (χ0) is 15.1. The number of esters is 1. The summed E-state index contributed by atoms with van der Waals surface area (Å²) in [5.74, 6) is 1.63. The monoisotopic (exact) mass is 313 g/mol. The molecule has 0 aromatic carbocycles. The number of rotatable bonds is 8. The van der Waals surface area contributed by atoms with Crippen LogP contribution in [0.2, 0.25) is 0 Å². The van der Waals surface area contributed by atoms with Crippen molar-refractivity contribution >= 4 is 17.7 Å². The van der Waals surface area contributed by atoms with Gasteiger partial charge >= 0.3 is 5.97 Å². The summed E-state index contributed by atoms with van der Waals surface area (Å²) in [4.78, 5) is 12.5. The van der Waals surface area contributed by atoms with Crippen LogP contribution in [0.25, 0.3) is 0 Å². The molecule has 2 rings (SSSR count). The highest BCUT2D eigenvalue weighted by Gasteiger charge is 2.49. The standard InChI is InChI=1S/C17H31NO2S/c1-3-18-17(16(19)20-4-2)12-7-8-14(17)11-13-21-15-9-5-6-10-15/h14-15,18H,3-13H2,1-2H3. The van der Waals surface area contributed by atoms with Crippen LogP contribution in [-0.4, -0.2) is 35.7 Å². The molecule has 2 aliphatic rings. The van der Waals surface area contributed by atoms with Crippen LogP contribution in [0.1, 0.15) is 65.2 Å². The molecule has 0 bridgehead atoms. The number of hydrogen-bond donors (Lipinski definition) is 1. The lowest BCUT2D eigenvalue weighted by atomic mass is 9.85. The van der Waals surface area contributed by atoms with Gasteiger partial charge in [-0.2, -0.15) is 11.8 Å². The zero-order valence-electron chi connectivity index (χ0n) is 13.7. The summed E-state index contributed by atoms with van der Waals surface area (Å²) in [5.41, 5.74) is -0.402. The van der Waals surface area contributed by atoms with E-state index >= 15 is 0 Å². The molecule has 0 spiro atoms. The fourth-order valence-corrected chi connectivity index (χ4v) is 5.47. The smallest absolute Gasteiger partial charge is 0.326 e. The summed E-state index contributed by atoms with van der Waals surface area (Å²) in [6.45, 7) is 5.31. The number of carbonyl (C=O) groups excluding carboxylic acids is 1. The summed E-state index contributed by atoms with van der Waals surface area (Å²) in [6, 6.07) is 0. The molecule has 21 heavy (non-hydrogen) atoms. The van der Waals surface area contributed by atoms with Gasteiger partial charge in [0.2, 0.25) is 0 Å². The van der Waals surface area contributed by atoms with Gasteiger partial charge in [0.05, 0.1) is 6.61 Å². The van der Waals surface area contributed by atoms with Gasteiger partial charge in [-0.15, -0.1) is 0 Å². The van der Waals surface area contributed by atoms with Crippen LogP contribution < -0.4 is 5.32 Å². The zero-order valence-corrected chi connectivity index (χ0v) is 14.5. The number of carbonyl (C=O) groups is 1. The van der Waals surface area contributed by atoms with E-state index in [0.717, 1.165) is 37.5 Å². The lowest BCUT2D eigenvalue weighted by molar-refractivity contribution is -0.153. The minimum atomic E-state index is -0.402. The Morgan fingerprint density at radius 2 is 2.00 bits per heavy atom. The fourth-order valence-electron chi connectivity index (χ4n) is 4.05. The lowest BCUT2D eigenvalue weighted by Crippen LogP contribution is -2.55. The topological polar surface area (TPSA) is 38.3 Å². The van der Waals surface area contributed by atoms with Crippen LogP contribution in [0, 0.1) is 5.92 Å². The van der Waals surface area contributed by atoms with E-state index in [1.54, 1.807) is 0 Å². The summed E-state index contributed by atoms with van der Waals surface area (Å²) >= 11 is 2.13. The Labute approximate surface area is 134 Å². The molecule has 0 aliphatic heterocycles. The van der Waals surface area contributed by atoms with Gasteiger partial charge in [0.1, 0.15) is 5.54 Å². The first-order valence-corrected chi connectivity index (χ1v) is 9.81. The van der Waals surface area contributed by atoms with Crippen LogP contribution in [0.4, 0.5) is 0 Å². The molecule has 0 aromatic rings. The summed E-state index contributed by atoms with van der Waals surface area (Å²) < 4.78 is 5.38. The molecule has 2 fully saturated rings. The minimum Gasteiger partial charge on any atom is -0.465 e. The molecule has 2 unspecified atom stereocenters. The second-order valence-corrected chi connectivity index (χ2v) is 7.79. The van der Waals surface area contributed by atoms with E-state index in [1.807, 2.05) is 6.92 Å². The number of hydrogen-bond acceptors (Lipinski definition) is 4. The van der Waals surface area contributed by atoms with Gasteiger partial charge in [-0.25, -0.2) is 0 Å². The van der Waals surface area contributed by atoms with Crippen molar-refractivity contribution in [1.29, 1.82) is 0 Å². The van der Waals surface area contributed by atoms with E-state index in [-0.39, 0.29) is 5.97 Å². The normalized spacial score (nSPS) is 29.9. The quantitative estimate of drug-likeness (QED) is 0.692. The van der Waals surface area contributed by atoms with Crippen LogP contribution in [-0.2, 0) is 9.53 Å². The van der Waals surface area contributed by atoms with E-state index in [4.69, 9.17) is 4.74 Å². The van der Waals surface area contributed by atoms with Gasteiger partial charge in [-0.1, -0.05) is 26.2 Å². The third kappa shape index (κ3) is 4.16. The van der Waals surface area contributed by atoms with Crippen LogP contribution in [0.15, 0.2) is 0 Å². The van der Waals surface area contributed by atoms with Crippen molar-refractivity contribution in [2.75, 3.05) is 18.9 Å². The van der Waals surface area contributed by atoms with E-state index in [9.17, 15) is 4.79 Å². The Bertz CT molecular complexity index is 331. The van der Waals surface area contributed by atoms with Gasteiger partial charge < -0.3 is 10.1 Å². The molecule has 0 saturated heterocycles. The van der Waals surface area contributed by atoms with Gasteiger partial charge in [0.15, 0.2) is 0 Å². The number of ether oxygens (including phenoxy) is 1. The van der Waals surface area contributed by atoms with Crippen molar-refractivity contribution < 1.29 is 9.53 Å². The van der Waals surface area contributed by atoms with Crippen LogP contribution >= 0.6 is 11.8 Å². The van der Waals surface area contributed by atoms with Crippen molar-refractivity contribution in [3.05, 3.63) is 0 Å². The molecule has 2 saturated carbocycles. The van der Waals surface area contributed by atoms with Gasteiger partial charge in [0, 0.05) is 5.25 Å². The Balaban J connectivity index is 1.89. The molecular formula is C17H31NO2S. The molecular weight excluding hydrogens is 282 g/mol. The van der Waals surface area contributed by atoms with E-state index in [1.165, 1.54) is 31.4 Å². The summed E-state index contributed by atoms with van der Waals surface area (Å²) in [6.07, 6.45) is 10.0. The molecule has 0 aromatic heterocycles. The van der Waals surface area contributed by atoms with E-state index < -0.39 is 5.54 Å². The highest BCUT2D eigenvalue weighted by molar-refractivity contribution is 7.99. The molecule has 0 amide bonds. The third-order valence-electron chi connectivity index (χ3n) is 5.07. The Kier molecular flexibility index (Phi) is 6.87. The van der Waals surface area contributed by atoms with Crippen molar-refractivity contribution in [2.24, 2.45) is 5.92 Å². The second-order valence-electron chi connectivity index (χ2n) is 6.38. The van der Waals surface area contributed by atoms with Crippen molar-refractivity contribution in [3.63, 3.8) is 0 Å². The molecule has 122 valence electrons. The summed E-state index contributed by atoms with van der Waals surface area (Å²) in [7, 11) is 0. The molecule has 3 nitrogen and oxygen atoms in total. The number of thioether (sulfide) groups is 1. The first kappa shape index (κ1) is 17.1. The molecule has 2 atom stereocenters. The predicted octanol–water partition coefficient (Wildman–Crippen LogP) is 3.76. The largest absolute Gasteiger partial charge is 0.465 e. The maximum Gasteiger partial charge on any atom is 0.326 e. The number of likely N-dealkylation sites (N-methyl/N-ethyl adjacent to an activating group) is 1. The predicted molar refractivity (Wildman–Crippen MR) is 89.7 cm³/mol. The first-order chi connectivity index (χ1) is 10.2. The highest BCUT2D eigenvalue weighted by Crippen LogP contribution is 2.40. The maximum absolute atomic E-state index is 12.5. The third-order valence-corrected chi connectivity index (χ3v) is 6.49. The molecule has 2 aliphatic carbocycles. The molecule has 0 heterocycles. The second kappa shape index (κ2) is 8.42. The van der Waals surface area contributed by atoms with Crippen molar-refractivity contribution in [3.8, 4) is 0 Å². The fraction of sp³-hybridized carbons (Fsp3) is 0.941. The number of nitrogens with one attached hydrogen (secondary N) is 1. The van der Waals surface area contributed by atoms with E-state index in [0.29, 0.717) is 12.5 Å². The molecule has 4 heteroatoms. The Morgan fingerprint density at radius 1 is 1.24 bits per heavy atom. The SMILES string of the molecule is CCNC1(C(=O)OCC)CCCC1CCSC1CCCC1. The minimum absolute atomic E-state index is 0.0137. The van der Waals surface area contributed by atoms with Gasteiger partial charge in [-0.05, 0) is 57.2 Å². The average molecular weight is 314 g/mol. The lowest BCUT2D eigenvalue weighted by Gasteiger charge is -2.34. The van der Waals surface area contributed by atoms with Crippen molar-refractivity contribution in [2.45, 2.75) is 76.0 Å². The Hall–Kier alpha value is -0.220. The Morgan fingerprint density at radius 3 is 2.67 bits per heavy atom. The van der Waals surface area contributed by atoms with Crippen LogP contribution in [0.3, 0.4) is 0 Å². The van der Waals surface area contributed by atoms with Gasteiger partial charge in [0.25, 0.3) is 0 Å². The molecule has 0 radical (unpaired) electrons. The van der Waals surface area contributed by atoms with Crippen LogP contribution in [0.5, 0.6) is 0 Å². The average Bonchev–Trinajstić information content (AvgIpc) is 3.11. The highest BCUT2D eigenvalue weighted by atomic mass is 32.2. The molecule has 1 N–H and O–H groups in total. The van der Waals surface area contributed by atoms with Crippen molar-refractivity contribution in [1.82, 2.24) is 5.32 Å². The first-order valence-electron chi connectivity index (χ1n) is 8.76. The maximum atomic E-state index is 12.5.